The van der Waals surface area contributed by atoms with E-state index < -0.39 is 10.0 Å². The van der Waals surface area contributed by atoms with Gasteiger partial charge in [-0.25, -0.2) is 8.42 Å². The van der Waals surface area contributed by atoms with Crippen molar-refractivity contribution in [2.24, 2.45) is 5.92 Å². The van der Waals surface area contributed by atoms with Gasteiger partial charge in [-0.15, -0.1) is 6.58 Å². The Morgan fingerprint density at radius 3 is 2.60 bits per heavy atom. The fourth-order valence-corrected chi connectivity index (χ4v) is 3.33. The van der Waals surface area contributed by atoms with Crippen molar-refractivity contribution in [3.05, 3.63) is 42.5 Å². The van der Waals surface area contributed by atoms with Crippen LogP contribution in [0.5, 0.6) is 0 Å². The largest absolute Gasteiger partial charge is 0.352 e. The number of hydrogen-bond donors (Lipinski definition) is 2. The van der Waals surface area contributed by atoms with E-state index in [0.717, 1.165) is 19.1 Å². The van der Waals surface area contributed by atoms with Gasteiger partial charge in [-0.2, -0.15) is 0 Å². The van der Waals surface area contributed by atoms with Gasteiger partial charge in [-0.1, -0.05) is 6.08 Å². The first-order chi connectivity index (χ1) is 11.8. The standard InChI is InChI=1S/C17H23N3O4S/c1-3-10-18-16(21)14-5-4-11-20(12-14)17(22)13-6-8-15(9-7-13)19-25(2,23)24/h3,6-9,14,19H,1,4-5,10-12H2,2H3,(H,18,21)/t14-/m1/s1. The normalized spacial score (nSPS) is 17.6. The van der Waals surface area contributed by atoms with Crippen LogP contribution in [0.2, 0.25) is 0 Å². The third-order valence-corrected chi connectivity index (χ3v) is 4.54. The van der Waals surface area contributed by atoms with Crippen molar-refractivity contribution >= 4 is 27.5 Å². The third-order valence-electron chi connectivity index (χ3n) is 3.94. The van der Waals surface area contributed by atoms with E-state index in [1.165, 1.54) is 0 Å². The first kappa shape index (κ1) is 19.0. The lowest BCUT2D eigenvalue weighted by molar-refractivity contribution is -0.126. The molecule has 1 aliphatic rings. The maximum Gasteiger partial charge on any atom is 0.253 e. The molecule has 1 atom stereocenters. The van der Waals surface area contributed by atoms with Crippen LogP contribution in [0.15, 0.2) is 36.9 Å². The summed E-state index contributed by atoms with van der Waals surface area (Å²) in [5.41, 5.74) is 0.866. The molecule has 2 rings (SSSR count). The predicted molar refractivity (Wildman–Crippen MR) is 96.7 cm³/mol. The Balaban J connectivity index is 2.01. The first-order valence-electron chi connectivity index (χ1n) is 8.06. The van der Waals surface area contributed by atoms with Gasteiger partial charge in [-0.3, -0.25) is 14.3 Å². The molecule has 2 N–H and O–H groups in total. The van der Waals surface area contributed by atoms with Crippen LogP contribution in [0.4, 0.5) is 5.69 Å². The molecule has 0 radical (unpaired) electrons. The summed E-state index contributed by atoms with van der Waals surface area (Å²) in [6.07, 6.45) is 4.21. The molecular weight excluding hydrogens is 342 g/mol. The van der Waals surface area contributed by atoms with Crippen LogP contribution < -0.4 is 10.0 Å². The average molecular weight is 365 g/mol. The quantitative estimate of drug-likeness (QED) is 0.741. The number of nitrogens with one attached hydrogen (secondary N) is 2. The summed E-state index contributed by atoms with van der Waals surface area (Å²) < 4.78 is 24.8. The van der Waals surface area contributed by atoms with E-state index in [9.17, 15) is 18.0 Å². The van der Waals surface area contributed by atoms with Gasteiger partial charge < -0.3 is 10.2 Å². The number of benzene rings is 1. The number of anilines is 1. The maximum absolute atomic E-state index is 12.6. The zero-order valence-corrected chi connectivity index (χ0v) is 15.0. The fourth-order valence-electron chi connectivity index (χ4n) is 2.77. The summed E-state index contributed by atoms with van der Waals surface area (Å²) in [5.74, 6) is -0.443. The molecule has 25 heavy (non-hydrogen) atoms. The predicted octanol–water partition coefficient (Wildman–Crippen LogP) is 1.21. The SMILES string of the molecule is C=CCNC(=O)[C@@H]1CCCN(C(=O)c2ccc(NS(C)(=O)=O)cc2)C1. The Morgan fingerprint density at radius 2 is 2.00 bits per heavy atom. The first-order valence-corrected chi connectivity index (χ1v) is 9.95. The minimum Gasteiger partial charge on any atom is -0.352 e. The number of carbonyl (C=O) groups excluding carboxylic acids is 2. The molecule has 1 aliphatic heterocycles. The number of amides is 2. The Kier molecular flexibility index (Phi) is 6.19. The molecule has 0 spiro atoms. The van der Waals surface area contributed by atoms with Gasteiger partial charge in [0, 0.05) is 30.9 Å². The number of nitrogens with zero attached hydrogens (tertiary/aromatic N) is 1. The summed E-state index contributed by atoms with van der Waals surface area (Å²) in [4.78, 5) is 26.4. The Bertz CT molecular complexity index is 744. The molecule has 1 heterocycles. The highest BCUT2D eigenvalue weighted by Gasteiger charge is 2.28. The molecule has 0 saturated carbocycles. The summed E-state index contributed by atoms with van der Waals surface area (Å²) in [6, 6.07) is 6.26. The molecule has 0 bridgehead atoms. The second-order valence-corrected chi connectivity index (χ2v) is 7.82. The Morgan fingerprint density at radius 1 is 1.32 bits per heavy atom. The van der Waals surface area contributed by atoms with Crippen molar-refractivity contribution in [2.75, 3.05) is 30.6 Å². The number of piperidine rings is 1. The lowest BCUT2D eigenvalue weighted by Crippen LogP contribution is -2.45. The number of sulfonamides is 1. The molecule has 1 fully saturated rings. The van der Waals surface area contributed by atoms with E-state index in [2.05, 4.69) is 16.6 Å². The van der Waals surface area contributed by atoms with E-state index in [-0.39, 0.29) is 17.7 Å². The van der Waals surface area contributed by atoms with E-state index in [4.69, 9.17) is 0 Å². The highest BCUT2D eigenvalue weighted by Crippen LogP contribution is 2.20. The molecule has 1 aromatic rings. The van der Waals surface area contributed by atoms with Crippen LogP contribution >= 0.6 is 0 Å². The van der Waals surface area contributed by atoms with Crippen LogP contribution in [0.1, 0.15) is 23.2 Å². The summed E-state index contributed by atoms with van der Waals surface area (Å²) in [5, 5.41) is 2.77. The van der Waals surface area contributed by atoms with Crippen LogP contribution in [0.25, 0.3) is 0 Å². The van der Waals surface area contributed by atoms with Gasteiger partial charge in [0.2, 0.25) is 15.9 Å². The third kappa shape index (κ3) is 5.60. The molecule has 1 aromatic carbocycles. The summed E-state index contributed by atoms with van der Waals surface area (Å²) in [7, 11) is -3.35. The molecule has 2 amide bonds. The van der Waals surface area contributed by atoms with Crippen molar-refractivity contribution in [3.63, 3.8) is 0 Å². The van der Waals surface area contributed by atoms with Crippen molar-refractivity contribution in [1.82, 2.24) is 10.2 Å². The Labute approximate surface area is 148 Å². The second-order valence-electron chi connectivity index (χ2n) is 6.08. The van der Waals surface area contributed by atoms with Crippen molar-refractivity contribution in [2.45, 2.75) is 12.8 Å². The van der Waals surface area contributed by atoms with Crippen LogP contribution in [-0.4, -0.2) is 51.0 Å². The molecule has 8 heteroatoms. The molecule has 136 valence electrons. The van der Waals surface area contributed by atoms with Gasteiger partial charge in [0.25, 0.3) is 5.91 Å². The minimum atomic E-state index is -3.35. The van der Waals surface area contributed by atoms with Crippen LogP contribution in [0.3, 0.4) is 0 Å². The van der Waals surface area contributed by atoms with Crippen LogP contribution in [0, 0.1) is 5.92 Å². The van der Waals surface area contributed by atoms with E-state index in [1.54, 1.807) is 35.2 Å². The van der Waals surface area contributed by atoms with Gasteiger partial charge in [0.15, 0.2) is 0 Å². The molecule has 1 saturated heterocycles. The summed E-state index contributed by atoms with van der Waals surface area (Å²) in [6.45, 7) is 4.97. The molecule has 0 aromatic heterocycles. The Hall–Kier alpha value is -2.35. The fraction of sp³-hybridized carbons (Fsp3) is 0.412. The molecule has 7 nitrogen and oxygen atoms in total. The van der Waals surface area contributed by atoms with E-state index in [1.807, 2.05) is 0 Å². The lowest BCUT2D eigenvalue weighted by atomic mass is 9.96. The number of likely N-dealkylation sites (tertiary alicyclic amines) is 1. The lowest BCUT2D eigenvalue weighted by Gasteiger charge is -2.32. The minimum absolute atomic E-state index is 0.0647. The van der Waals surface area contributed by atoms with E-state index in [0.29, 0.717) is 30.9 Å². The van der Waals surface area contributed by atoms with Crippen molar-refractivity contribution in [3.8, 4) is 0 Å². The zero-order valence-electron chi connectivity index (χ0n) is 14.2. The monoisotopic (exact) mass is 365 g/mol. The highest BCUT2D eigenvalue weighted by molar-refractivity contribution is 7.92. The van der Waals surface area contributed by atoms with E-state index >= 15 is 0 Å². The number of rotatable bonds is 6. The van der Waals surface area contributed by atoms with Gasteiger partial charge in [-0.05, 0) is 37.1 Å². The number of carbonyl (C=O) groups is 2. The van der Waals surface area contributed by atoms with Gasteiger partial charge in [0.05, 0.1) is 12.2 Å². The second kappa shape index (κ2) is 8.15. The topological polar surface area (TPSA) is 95.6 Å². The molecule has 0 aliphatic carbocycles. The van der Waals surface area contributed by atoms with Gasteiger partial charge >= 0.3 is 0 Å². The van der Waals surface area contributed by atoms with Crippen LogP contribution in [-0.2, 0) is 14.8 Å². The smallest absolute Gasteiger partial charge is 0.253 e. The molecule has 0 unspecified atom stereocenters. The van der Waals surface area contributed by atoms with Gasteiger partial charge in [0.1, 0.15) is 0 Å². The zero-order chi connectivity index (χ0) is 18.4. The number of hydrogen-bond acceptors (Lipinski definition) is 4. The highest BCUT2D eigenvalue weighted by atomic mass is 32.2. The summed E-state index contributed by atoms with van der Waals surface area (Å²) >= 11 is 0. The van der Waals surface area contributed by atoms with Crippen molar-refractivity contribution < 1.29 is 18.0 Å². The van der Waals surface area contributed by atoms with Crippen molar-refractivity contribution in [1.29, 1.82) is 0 Å². The maximum atomic E-state index is 12.6. The average Bonchev–Trinajstić information content (AvgIpc) is 2.58. The molecular formula is C17H23N3O4S.